The fraction of sp³-hybridized carbons (Fsp3) is 0.286. The number of esters is 1. The van der Waals surface area contributed by atoms with Crippen LogP contribution in [0.3, 0.4) is 0 Å². The van der Waals surface area contributed by atoms with Gasteiger partial charge in [-0.15, -0.1) is 0 Å². The summed E-state index contributed by atoms with van der Waals surface area (Å²) in [5.41, 5.74) is 3.65. The third-order valence-corrected chi connectivity index (χ3v) is 4.61. The maximum Gasteiger partial charge on any atom is 0.325 e. The van der Waals surface area contributed by atoms with Gasteiger partial charge in [-0.25, -0.2) is 0 Å². The van der Waals surface area contributed by atoms with Crippen LogP contribution < -0.4 is 10.6 Å². The summed E-state index contributed by atoms with van der Waals surface area (Å²) in [5, 5.41) is 16.0. The Morgan fingerprint density at radius 3 is 2.23 bits per heavy atom. The van der Waals surface area contributed by atoms with Crippen LogP contribution in [0.2, 0.25) is 0 Å². The summed E-state index contributed by atoms with van der Waals surface area (Å²) < 4.78 is 4.82. The lowest BCUT2D eigenvalue weighted by atomic mass is 10.1. The molecule has 2 aromatic carbocycles. The van der Waals surface area contributed by atoms with Crippen molar-refractivity contribution >= 4 is 29.2 Å². The second-order valence-electron chi connectivity index (χ2n) is 6.90. The largest absolute Gasteiger partial charge is 0.454 e. The number of hydrogen-bond acceptors (Lipinski definition) is 6. The summed E-state index contributed by atoms with van der Waals surface area (Å²) in [6.07, 6.45) is 0. The minimum Gasteiger partial charge on any atom is -0.454 e. The number of anilines is 1. The molecule has 0 aromatic heterocycles. The molecule has 9 heteroatoms. The quantitative estimate of drug-likeness (QED) is 0.408. The highest BCUT2D eigenvalue weighted by Crippen LogP contribution is 2.27. The van der Waals surface area contributed by atoms with E-state index in [1.165, 1.54) is 12.1 Å². The topological polar surface area (TPSA) is 128 Å². The molecule has 9 nitrogen and oxygen atoms in total. The number of nitro groups is 1. The van der Waals surface area contributed by atoms with E-state index in [1.54, 1.807) is 32.0 Å². The van der Waals surface area contributed by atoms with Crippen LogP contribution in [0.25, 0.3) is 0 Å². The van der Waals surface area contributed by atoms with Crippen molar-refractivity contribution in [1.29, 1.82) is 0 Å². The van der Waals surface area contributed by atoms with Gasteiger partial charge >= 0.3 is 5.97 Å². The van der Waals surface area contributed by atoms with Crippen molar-refractivity contribution in [2.24, 2.45) is 0 Å². The Bertz CT molecular complexity index is 1020. The zero-order valence-corrected chi connectivity index (χ0v) is 17.2. The summed E-state index contributed by atoms with van der Waals surface area (Å²) in [5.74, 6) is -1.97. The van der Waals surface area contributed by atoms with Gasteiger partial charge in [-0.1, -0.05) is 6.07 Å². The van der Waals surface area contributed by atoms with Gasteiger partial charge in [-0.3, -0.25) is 24.5 Å². The first-order valence-electron chi connectivity index (χ1n) is 9.15. The summed E-state index contributed by atoms with van der Waals surface area (Å²) in [7, 11) is 0. The zero-order chi connectivity index (χ0) is 22.4. The van der Waals surface area contributed by atoms with Crippen LogP contribution in [0.4, 0.5) is 11.4 Å². The van der Waals surface area contributed by atoms with Crippen LogP contribution in [-0.4, -0.2) is 35.9 Å². The Balaban J connectivity index is 1.87. The molecule has 0 atom stereocenters. The van der Waals surface area contributed by atoms with E-state index in [-0.39, 0.29) is 11.4 Å². The van der Waals surface area contributed by atoms with Gasteiger partial charge in [-0.2, -0.15) is 0 Å². The molecular formula is C21H23N3O6. The fourth-order valence-electron chi connectivity index (χ4n) is 2.57. The van der Waals surface area contributed by atoms with Crippen LogP contribution in [-0.2, 0) is 14.3 Å². The average molecular weight is 413 g/mol. The Morgan fingerprint density at radius 1 is 0.967 bits per heavy atom. The maximum atomic E-state index is 12.1. The molecule has 0 aliphatic rings. The van der Waals surface area contributed by atoms with Crippen LogP contribution >= 0.6 is 0 Å². The molecule has 0 radical (unpaired) electrons. The summed E-state index contributed by atoms with van der Waals surface area (Å²) in [6, 6.07) is 8.00. The molecule has 0 heterocycles. The third-order valence-electron chi connectivity index (χ3n) is 4.61. The second-order valence-corrected chi connectivity index (χ2v) is 6.90. The van der Waals surface area contributed by atoms with Gasteiger partial charge < -0.3 is 15.4 Å². The normalized spacial score (nSPS) is 10.3. The van der Waals surface area contributed by atoms with E-state index >= 15 is 0 Å². The number of nitrogens with one attached hydrogen (secondary N) is 2. The first-order valence-corrected chi connectivity index (χ1v) is 9.15. The molecule has 0 unspecified atom stereocenters. The zero-order valence-electron chi connectivity index (χ0n) is 17.2. The van der Waals surface area contributed by atoms with Crippen molar-refractivity contribution in [2.45, 2.75) is 27.7 Å². The van der Waals surface area contributed by atoms with Gasteiger partial charge in [0, 0.05) is 11.6 Å². The van der Waals surface area contributed by atoms with E-state index in [4.69, 9.17) is 4.74 Å². The predicted octanol–water partition coefficient (Wildman–Crippen LogP) is 2.74. The highest BCUT2D eigenvalue weighted by Gasteiger charge is 2.18. The summed E-state index contributed by atoms with van der Waals surface area (Å²) in [4.78, 5) is 46.5. The first kappa shape index (κ1) is 22.5. The smallest absolute Gasteiger partial charge is 0.325 e. The minimum absolute atomic E-state index is 0.0205. The number of carbonyl (C=O) groups excluding carboxylic acids is 3. The highest BCUT2D eigenvalue weighted by atomic mass is 16.6. The van der Waals surface area contributed by atoms with Gasteiger partial charge in [0.15, 0.2) is 6.61 Å². The van der Waals surface area contributed by atoms with Gasteiger partial charge in [0.05, 0.1) is 4.92 Å². The van der Waals surface area contributed by atoms with Gasteiger partial charge in [0.2, 0.25) is 0 Å². The van der Waals surface area contributed by atoms with E-state index in [0.717, 1.165) is 16.7 Å². The molecule has 0 saturated heterocycles. The molecule has 158 valence electrons. The van der Waals surface area contributed by atoms with Crippen LogP contribution in [0, 0.1) is 37.8 Å². The van der Waals surface area contributed by atoms with E-state index in [9.17, 15) is 24.5 Å². The molecule has 0 bridgehead atoms. The Labute approximate surface area is 173 Å². The summed E-state index contributed by atoms with van der Waals surface area (Å²) >= 11 is 0. The molecule has 0 saturated carbocycles. The maximum absolute atomic E-state index is 12.1. The lowest BCUT2D eigenvalue weighted by Crippen LogP contribution is -2.32. The molecule has 2 aromatic rings. The molecular weight excluding hydrogens is 390 g/mol. The van der Waals surface area contributed by atoms with Crippen molar-refractivity contribution in [3.8, 4) is 0 Å². The van der Waals surface area contributed by atoms with Crippen LogP contribution in [0.15, 0.2) is 30.3 Å². The molecule has 2 N–H and O–H groups in total. The molecule has 0 fully saturated rings. The van der Waals surface area contributed by atoms with E-state index in [0.29, 0.717) is 11.1 Å². The Morgan fingerprint density at radius 2 is 1.60 bits per heavy atom. The molecule has 2 rings (SSSR count). The molecule has 30 heavy (non-hydrogen) atoms. The molecule has 0 aliphatic carbocycles. The molecule has 2 amide bonds. The lowest BCUT2D eigenvalue weighted by molar-refractivity contribution is -0.384. The lowest BCUT2D eigenvalue weighted by Gasteiger charge is -2.10. The number of nitro benzene ring substituents is 1. The second kappa shape index (κ2) is 9.64. The number of amides is 2. The van der Waals surface area contributed by atoms with E-state index in [2.05, 4.69) is 10.6 Å². The van der Waals surface area contributed by atoms with Crippen molar-refractivity contribution in [1.82, 2.24) is 5.32 Å². The first-order chi connectivity index (χ1) is 14.1. The predicted molar refractivity (Wildman–Crippen MR) is 110 cm³/mol. The SMILES string of the molecule is Cc1ccc(C(=O)NCC(=O)OCC(=O)Nc2cc(C)c(C)cc2[N+](=O)[O-])cc1C. The fourth-order valence-corrected chi connectivity index (χ4v) is 2.57. The minimum atomic E-state index is -0.808. The van der Waals surface area contributed by atoms with Crippen LogP contribution in [0.5, 0.6) is 0 Å². The van der Waals surface area contributed by atoms with Crippen molar-refractivity contribution in [2.75, 3.05) is 18.5 Å². The van der Waals surface area contributed by atoms with Gasteiger partial charge in [0.25, 0.3) is 17.5 Å². The number of benzene rings is 2. The van der Waals surface area contributed by atoms with E-state index in [1.807, 2.05) is 13.8 Å². The molecule has 0 spiro atoms. The molecule has 0 aliphatic heterocycles. The number of rotatable bonds is 7. The van der Waals surface area contributed by atoms with Gasteiger partial charge in [0.1, 0.15) is 12.2 Å². The Kier molecular flexibility index (Phi) is 7.24. The van der Waals surface area contributed by atoms with Crippen molar-refractivity contribution < 1.29 is 24.0 Å². The number of aryl methyl sites for hydroxylation is 4. The third kappa shape index (κ3) is 5.87. The van der Waals surface area contributed by atoms with Crippen LogP contribution in [0.1, 0.15) is 32.6 Å². The van der Waals surface area contributed by atoms with Crippen molar-refractivity contribution in [3.05, 3.63) is 68.3 Å². The highest BCUT2D eigenvalue weighted by molar-refractivity contribution is 5.97. The number of carbonyl (C=O) groups is 3. The monoisotopic (exact) mass is 413 g/mol. The average Bonchev–Trinajstić information content (AvgIpc) is 2.68. The van der Waals surface area contributed by atoms with Gasteiger partial charge in [-0.05, 0) is 68.1 Å². The number of ether oxygens (including phenoxy) is 1. The Hall–Kier alpha value is -3.75. The number of hydrogen-bond donors (Lipinski definition) is 2. The van der Waals surface area contributed by atoms with Crippen molar-refractivity contribution in [3.63, 3.8) is 0 Å². The number of nitrogens with zero attached hydrogens (tertiary/aromatic N) is 1. The standard InChI is InChI=1S/C21H23N3O6/c1-12-5-6-16(7-13(12)2)21(27)22-10-20(26)30-11-19(25)23-17-8-14(3)15(4)9-18(17)24(28)29/h5-9H,10-11H2,1-4H3,(H,22,27)(H,23,25). The summed E-state index contributed by atoms with van der Waals surface area (Å²) in [6.45, 7) is 6.23. The van der Waals surface area contributed by atoms with E-state index < -0.39 is 35.9 Å².